The Labute approximate surface area is 141 Å². The number of amides is 1. The minimum Gasteiger partial charge on any atom is -0.493 e. The first-order valence-corrected chi connectivity index (χ1v) is 8.19. The number of carbonyl (C=O) groups excluding carboxylic acids is 1. The zero-order chi connectivity index (χ0) is 16.8. The molecule has 0 aliphatic carbocycles. The van der Waals surface area contributed by atoms with Crippen LogP contribution in [-0.4, -0.2) is 28.6 Å². The van der Waals surface area contributed by atoms with Gasteiger partial charge in [0.15, 0.2) is 0 Å². The van der Waals surface area contributed by atoms with Gasteiger partial charge in [0.25, 0.3) is 5.91 Å². The van der Waals surface area contributed by atoms with Crippen LogP contribution in [-0.2, 0) is 6.54 Å². The van der Waals surface area contributed by atoms with Gasteiger partial charge in [0.2, 0.25) is 0 Å². The van der Waals surface area contributed by atoms with Crippen molar-refractivity contribution in [2.24, 2.45) is 0 Å². The maximum absolute atomic E-state index is 12.3. The molecule has 0 spiro atoms. The molecule has 124 valence electrons. The van der Waals surface area contributed by atoms with E-state index in [2.05, 4.69) is 20.9 Å². The normalized spacial score (nSPS) is 10.7. The van der Waals surface area contributed by atoms with Gasteiger partial charge in [-0.2, -0.15) is 0 Å². The predicted molar refractivity (Wildman–Crippen MR) is 94.3 cm³/mol. The van der Waals surface area contributed by atoms with E-state index in [1.54, 1.807) is 6.07 Å². The van der Waals surface area contributed by atoms with Crippen molar-refractivity contribution in [3.05, 3.63) is 60.4 Å². The van der Waals surface area contributed by atoms with E-state index in [9.17, 15) is 4.79 Å². The van der Waals surface area contributed by atoms with Crippen LogP contribution in [0, 0.1) is 0 Å². The maximum Gasteiger partial charge on any atom is 0.255 e. The smallest absolute Gasteiger partial charge is 0.255 e. The Morgan fingerprint density at radius 2 is 1.96 bits per heavy atom. The second kappa shape index (κ2) is 7.64. The van der Waals surface area contributed by atoms with E-state index >= 15 is 0 Å². The lowest BCUT2D eigenvalue weighted by atomic mass is 10.2. The summed E-state index contributed by atoms with van der Waals surface area (Å²) in [5, 5.41) is 2.96. The van der Waals surface area contributed by atoms with Gasteiger partial charge in [-0.15, -0.1) is 0 Å². The molecule has 5 heteroatoms. The van der Waals surface area contributed by atoms with Crippen molar-refractivity contribution in [3.8, 4) is 5.75 Å². The Kier molecular flexibility index (Phi) is 5.11. The summed E-state index contributed by atoms with van der Waals surface area (Å²) in [5.74, 6) is 0.521. The van der Waals surface area contributed by atoms with Crippen LogP contribution in [0.15, 0.2) is 54.9 Å². The van der Waals surface area contributed by atoms with E-state index in [1.807, 2.05) is 49.6 Å². The summed E-state index contributed by atoms with van der Waals surface area (Å²) in [4.78, 5) is 16.7. The number of imidazole rings is 1. The summed E-state index contributed by atoms with van der Waals surface area (Å²) in [6.45, 7) is 3.86. The molecule has 0 saturated heterocycles. The second-order valence-corrected chi connectivity index (χ2v) is 5.47. The Bertz CT molecular complexity index is 826. The van der Waals surface area contributed by atoms with Gasteiger partial charge in [0.1, 0.15) is 5.75 Å². The number of ether oxygens (including phenoxy) is 1. The van der Waals surface area contributed by atoms with E-state index in [0.717, 1.165) is 24.0 Å². The third-order valence-corrected chi connectivity index (χ3v) is 3.82. The number of hydrogen-bond donors (Lipinski definition) is 1. The Balaban J connectivity index is 1.54. The van der Waals surface area contributed by atoms with Crippen LogP contribution in [0.2, 0.25) is 0 Å². The lowest BCUT2D eigenvalue weighted by Gasteiger charge is -2.10. The summed E-state index contributed by atoms with van der Waals surface area (Å²) in [5.41, 5.74) is 2.69. The minimum atomic E-state index is -0.102. The number of nitrogens with one attached hydrogen (secondary N) is 1. The van der Waals surface area contributed by atoms with Crippen LogP contribution in [0.1, 0.15) is 23.7 Å². The largest absolute Gasteiger partial charge is 0.493 e. The lowest BCUT2D eigenvalue weighted by molar-refractivity contribution is 0.0949. The molecule has 0 fully saturated rings. The first-order chi connectivity index (χ1) is 11.8. The fourth-order valence-corrected chi connectivity index (χ4v) is 2.67. The molecule has 1 heterocycles. The van der Waals surface area contributed by atoms with Gasteiger partial charge in [-0.3, -0.25) is 4.79 Å². The minimum absolute atomic E-state index is 0.102. The number of carbonyl (C=O) groups is 1. The van der Waals surface area contributed by atoms with Crippen LogP contribution < -0.4 is 10.1 Å². The molecule has 5 nitrogen and oxygen atoms in total. The van der Waals surface area contributed by atoms with Gasteiger partial charge in [-0.25, -0.2) is 4.98 Å². The number of nitrogens with zero attached hydrogens (tertiary/aromatic N) is 2. The van der Waals surface area contributed by atoms with E-state index in [4.69, 9.17) is 4.74 Å². The number of fused-ring (bicyclic) bond motifs is 1. The van der Waals surface area contributed by atoms with Crippen LogP contribution in [0.25, 0.3) is 11.0 Å². The van der Waals surface area contributed by atoms with Crippen LogP contribution in [0.4, 0.5) is 0 Å². The zero-order valence-electron chi connectivity index (χ0n) is 13.7. The molecule has 0 aliphatic rings. The Hall–Kier alpha value is -2.82. The van der Waals surface area contributed by atoms with E-state index in [1.165, 1.54) is 0 Å². The van der Waals surface area contributed by atoms with Crippen molar-refractivity contribution in [2.45, 2.75) is 19.9 Å². The third-order valence-electron chi connectivity index (χ3n) is 3.82. The van der Waals surface area contributed by atoms with Gasteiger partial charge in [-0.1, -0.05) is 24.3 Å². The number of aromatic nitrogens is 2. The van der Waals surface area contributed by atoms with Crippen molar-refractivity contribution in [1.29, 1.82) is 0 Å². The molecule has 0 atom stereocenters. The zero-order valence-corrected chi connectivity index (χ0v) is 13.7. The fourth-order valence-electron chi connectivity index (χ4n) is 2.67. The Morgan fingerprint density at radius 3 is 2.83 bits per heavy atom. The summed E-state index contributed by atoms with van der Waals surface area (Å²) in [6, 6.07) is 15.3. The number of rotatable bonds is 7. The average molecular weight is 323 g/mol. The second-order valence-electron chi connectivity index (χ2n) is 5.47. The van der Waals surface area contributed by atoms with Crippen LogP contribution in [0.5, 0.6) is 5.75 Å². The first-order valence-electron chi connectivity index (χ1n) is 8.19. The fraction of sp³-hybridized carbons (Fsp3) is 0.263. The highest BCUT2D eigenvalue weighted by atomic mass is 16.5. The molecule has 0 bridgehead atoms. The molecule has 1 N–H and O–H groups in total. The Morgan fingerprint density at radius 1 is 1.17 bits per heavy atom. The molecular formula is C19H21N3O2. The summed E-state index contributed by atoms with van der Waals surface area (Å²) >= 11 is 0. The molecular weight excluding hydrogens is 302 g/mol. The summed E-state index contributed by atoms with van der Waals surface area (Å²) in [6.07, 6.45) is 2.68. The third kappa shape index (κ3) is 3.56. The number of para-hydroxylation sites is 3. The lowest BCUT2D eigenvalue weighted by Crippen LogP contribution is -2.25. The van der Waals surface area contributed by atoms with E-state index in [-0.39, 0.29) is 5.91 Å². The number of benzene rings is 2. The topological polar surface area (TPSA) is 56.1 Å². The van der Waals surface area contributed by atoms with Gasteiger partial charge in [0.05, 0.1) is 29.5 Å². The SMILES string of the molecule is CCOc1ccccc1C(=O)NCCCn1cnc2ccccc21. The van der Waals surface area contributed by atoms with E-state index < -0.39 is 0 Å². The molecule has 0 aliphatic heterocycles. The molecule has 24 heavy (non-hydrogen) atoms. The molecule has 0 unspecified atom stereocenters. The first kappa shape index (κ1) is 16.1. The highest BCUT2D eigenvalue weighted by Gasteiger charge is 2.11. The van der Waals surface area contributed by atoms with Gasteiger partial charge in [-0.05, 0) is 37.6 Å². The van der Waals surface area contributed by atoms with Crippen LogP contribution >= 0.6 is 0 Å². The number of aryl methyl sites for hydroxylation is 1. The maximum atomic E-state index is 12.3. The molecule has 1 aromatic heterocycles. The van der Waals surface area contributed by atoms with Crippen molar-refractivity contribution in [1.82, 2.24) is 14.9 Å². The molecule has 0 saturated carbocycles. The highest BCUT2D eigenvalue weighted by Crippen LogP contribution is 2.17. The average Bonchev–Trinajstić information content (AvgIpc) is 3.02. The molecule has 0 radical (unpaired) electrons. The molecule has 3 aromatic rings. The van der Waals surface area contributed by atoms with Crippen molar-refractivity contribution < 1.29 is 9.53 Å². The van der Waals surface area contributed by atoms with Crippen molar-refractivity contribution >= 4 is 16.9 Å². The highest BCUT2D eigenvalue weighted by molar-refractivity contribution is 5.96. The predicted octanol–water partition coefficient (Wildman–Crippen LogP) is 3.26. The van der Waals surface area contributed by atoms with Gasteiger partial charge in [0, 0.05) is 13.1 Å². The molecule has 2 aromatic carbocycles. The molecule has 3 rings (SSSR count). The van der Waals surface area contributed by atoms with Crippen molar-refractivity contribution in [2.75, 3.05) is 13.2 Å². The standard InChI is InChI=1S/C19H21N3O2/c1-2-24-18-11-6-3-8-15(18)19(23)20-12-7-13-22-14-21-16-9-4-5-10-17(16)22/h3-6,8-11,14H,2,7,12-13H2,1H3,(H,20,23). The van der Waals surface area contributed by atoms with Gasteiger partial charge >= 0.3 is 0 Å². The van der Waals surface area contributed by atoms with Crippen LogP contribution in [0.3, 0.4) is 0 Å². The number of hydrogen-bond acceptors (Lipinski definition) is 3. The quantitative estimate of drug-likeness (QED) is 0.679. The summed E-state index contributed by atoms with van der Waals surface area (Å²) in [7, 11) is 0. The van der Waals surface area contributed by atoms with Gasteiger partial charge < -0.3 is 14.6 Å². The van der Waals surface area contributed by atoms with E-state index in [0.29, 0.717) is 24.5 Å². The molecule has 1 amide bonds. The monoisotopic (exact) mass is 323 g/mol. The summed E-state index contributed by atoms with van der Waals surface area (Å²) < 4.78 is 7.61. The van der Waals surface area contributed by atoms with Crippen molar-refractivity contribution in [3.63, 3.8) is 0 Å².